The van der Waals surface area contributed by atoms with Gasteiger partial charge in [-0.25, -0.2) is 0 Å². The Bertz CT molecular complexity index is 1320. The molecule has 1 aromatic heterocycles. The van der Waals surface area contributed by atoms with Gasteiger partial charge in [-0.05, 0) is 47.6 Å². The van der Waals surface area contributed by atoms with Crippen LogP contribution in [0, 0.1) is 5.92 Å². The van der Waals surface area contributed by atoms with Crippen molar-refractivity contribution in [2.45, 2.75) is 70.0 Å². The molecule has 3 aromatic rings. The fraction of sp³-hybridized carbons (Fsp3) is 0.429. The standard InChI is InChI=1S/C28H33N5O5/c1-17(34)37-32-24(19-7-3-2-4-8-19)26(35)31-28(14-20-9-5-6-10-21(20)15-28)27(36)30-16-18-11-12-22-23(13-18)38-33-25(22)29/h5-6,9-13,19,24,32H,2-4,7-8,14-16H2,1H3,(H2,29,33)(H,30,36)(H,31,35). The van der Waals surface area contributed by atoms with Crippen molar-refractivity contribution >= 4 is 34.6 Å². The Morgan fingerprint density at radius 1 is 1.11 bits per heavy atom. The average molecular weight is 520 g/mol. The number of benzene rings is 2. The van der Waals surface area contributed by atoms with Crippen LogP contribution in [0.1, 0.15) is 55.7 Å². The highest BCUT2D eigenvalue weighted by atomic mass is 16.7. The van der Waals surface area contributed by atoms with Crippen LogP contribution in [0.4, 0.5) is 5.82 Å². The van der Waals surface area contributed by atoms with Crippen molar-refractivity contribution in [3.63, 3.8) is 0 Å². The zero-order valence-electron chi connectivity index (χ0n) is 21.4. The van der Waals surface area contributed by atoms with Crippen molar-refractivity contribution in [2.75, 3.05) is 5.73 Å². The second-order valence-corrected chi connectivity index (χ2v) is 10.4. The quantitative estimate of drug-likeness (QED) is 0.332. The molecule has 0 spiro atoms. The highest BCUT2D eigenvalue weighted by molar-refractivity contribution is 5.95. The summed E-state index contributed by atoms with van der Waals surface area (Å²) in [5.41, 5.74) is 10.7. The number of hydrogen-bond acceptors (Lipinski definition) is 8. The second kappa shape index (κ2) is 10.8. The van der Waals surface area contributed by atoms with Gasteiger partial charge in [0.25, 0.3) is 0 Å². The number of carbonyl (C=O) groups is 3. The van der Waals surface area contributed by atoms with Gasteiger partial charge in [-0.15, -0.1) is 5.48 Å². The molecule has 0 bridgehead atoms. The lowest BCUT2D eigenvalue weighted by Gasteiger charge is -2.34. The number of nitrogen functional groups attached to an aromatic ring is 1. The van der Waals surface area contributed by atoms with Crippen LogP contribution >= 0.6 is 0 Å². The Morgan fingerprint density at radius 3 is 2.50 bits per heavy atom. The van der Waals surface area contributed by atoms with E-state index in [0.717, 1.165) is 48.8 Å². The van der Waals surface area contributed by atoms with Gasteiger partial charge < -0.3 is 25.7 Å². The number of nitrogens with two attached hydrogens (primary N) is 1. The molecule has 200 valence electrons. The molecule has 2 aromatic carbocycles. The number of nitrogens with zero attached hydrogens (tertiary/aromatic N) is 1. The lowest BCUT2D eigenvalue weighted by atomic mass is 9.83. The Balaban J connectivity index is 1.36. The number of fused-ring (bicyclic) bond motifs is 2. The van der Waals surface area contributed by atoms with Crippen LogP contribution in [-0.2, 0) is 38.6 Å². The molecule has 1 heterocycles. The summed E-state index contributed by atoms with van der Waals surface area (Å²) < 4.78 is 5.25. The molecule has 1 atom stereocenters. The zero-order chi connectivity index (χ0) is 26.7. The van der Waals surface area contributed by atoms with Gasteiger partial charge in [0.2, 0.25) is 11.8 Å². The van der Waals surface area contributed by atoms with E-state index in [9.17, 15) is 14.4 Å². The van der Waals surface area contributed by atoms with Crippen molar-refractivity contribution < 1.29 is 23.7 Å². The summed E-state index contributed by atoms with van der Waals surface area (Å²) in [5.74, 6) is -0.831. The van der Waals surface area contributed by atoms with E-state index in [2.05, 4.69) is 21.3 Å². The molecule has 5 rings (SSSR count). The molecule has 0 aliphatic heterocycles. The van der Waals surface area contributed by atoms with Gasteiger partial charge in [-0.3, -0.25) is 14.4 Å². The van der Waals surface area contributed by atoms with Crippen molar-refractivity contribution in [3.05, 3.63) is 59.2 Å². The molecular weight excluding hydrogens is 486 g/mol. The minimum Gasteiger partial charge on any atom is -0.380 e. The largest absolute Gasteiger partial charge is 0.380 e. The monoisotopic (exact) mass is 519 g/mol. The summed E-state index contributed by atoms with van der Waals surface area (Å²) in [6.45, 7) is 1.52. The van der Waals surface area contributed by atoms with Crippen molar-refractivity contribution in [2.24, 2.45) is 5.92 Å². The number of nitrogens with one attached hydrogen (secondary N) is 3. The fourth-order valence-corrected chi connectivity index (χ4v) is 5.68. The molecule has 5 N–H and O–H groups in total. The summed E-state index contributed by atoms with van der Waals surface area (Å²) in [5, 5.41) is 10.6. The van der Waals surface area contributed by atoms with E-state index < -0.39 is 17.6 Å². The maximum absolute atomic E-state index is 13.8. The molecule has 38 heavy (non-hydrogen) atoms. The fourth-order valence-electron chi connectivity index (χ4n) is 5.68. The maximum Gasteiger partial charge on any atom is 0.321 e. The highest BCUT2D eigenvalue weighted by Crippen LogP contribution is 2.32. The third-order valence-corrected chi connectivity index (χ3v) is 7.65. The second-order valence-electron chi connectivity index (χ2n) is 10.4. The van der Waals surface area contributed by atoms with Crippen molar-refractivity contribution in [1.82, 2.24) is 21.3 Å². The minimum absolute atomic E-state index is 0.00746. The molecule has 10 heteroatoms. The van der Waals surface area contributed by atoms with Crippen molar-refractivity contribution in [1.29, 1.82) is 0 Å². The number of hydroxylamine groups is 1. The van der Waals surface area contributed by atoms with Gasteiger partial charge in [-0.1, -0.05) is 54.8 Å². The maximum atomic E-state index is 13.8. The highest BCUT2D eigenvalue weighted by Gasteiger charge is 2.46. The predicted molar refractivity (Wildman–Crippen MR) is 140 cm³/mol. The van der Waals surface area contributed by atoms with E-state index in [4.69, 9.17) is 15.1 Å². The van der Waals surface area contributed by atoms with Crippen molar-refractivity contribution in [3.8, 4) is 0 Å². The van der Waals surface area contributed by atoms with E-state index in [0.29, 0.717) is 29.6 Å². The van der Waals surface area contributed by atoms with Crippen LogP contribution in [-0.4, -0.2) is 34.5 Å². The molecule has 0 saturated heterocycles. The van der Waals surface area contributed by atoms with Crippen LogP contribution < -0.4 is 21.8 Å². The first-order valence-electron chi connectivity index (χ1n) is 13.1. The van der Waals surface area contributed by atoms with E-state index in [1.807, 2.05) is 30.3 Å². The number of aromatic nitrogens is 1. The molecule has 2 amide bonds. The number of carbonyl (C=O) groups excluding carboxylic acids is 3. The Labute approximate surface area is 220 Å². The molecular formula is C28H33N5O5. The number of anilines is 1. The average Bonchev–Trinajstić information content (AvgIpc) is 3.48. The topological polar surface area (TPSA) is 149 Å². The Hall–Kier alpha value is -3.92. The molecule has 1 unspecified atom stereocenters. The Morgan fingerprint density at radius 2 is 1.82 bits per heavy atom. The lowest BCUT2D eigenvalue weighted by molar-refractivity contribution is -0.154. The van der Waals surface area contributed by atoms with Crippen LogP contribution in [0.3, 0.4) is 0 Å². The third-order valence-electron chi connectivity index (χ3n) is 7.65. The normalized spacial score (nSPS) is 17.5. The molecule has 10 nitrogen and oxygen atoms in total. The Kier molecular flexibility index (Phi) is 7.33. The van der Waals surface area contributed by atoms with Crippen LogP contribution in [0.5, 0.6) is 0 Å². The molecule has 1 saturated carbocycles. The van der Waals surface area contributed by atoms with E-state index in [1.54, 1.807) is 12.1 Å². The molecule has 1 fully saturated rings. The zero-order valence-corrected chi connectivity index (χ0v) is 21.4. The van der Waals surface area contributed by atoms with Gasteiger partial charge in [-0.2, -0.15) is 0 Å². The van der Waals surface area contributed by atoms with Crippen LogP contribution in [0.15, 0.2) is 47.0 Å². The van der Waals surface area contributed by atoms with Crippen LogP contribution in [0.25, 0.3) is 11.0 Å². The SMILES string of the molecule is CC(=O)ONC(C(=O)NC1(C(=O)NCc2ccc3c(N)noc3c2)Cc2ccccc2C1)C1CCCCC1. The smallest absolute Gasteiger partial charge is 0.321 e. The lowest BCUT2D eigenvalue weighted by Crippen LogP contribution is -2.63. The molecule has 0 radical (unpaired) electrons. The van der Waals surface area contributed by atoms with E-state index in [1.165, 1.54) is 6.92 Å². The number of hydrogen-bond donors (Lipinski definition) is 4. The van der Waals surface area contributed by atoms with Crippen LogP contribution in [0.2, 0.25) is 0 Å². The summed E-state index contributed by atoms with van der Waals surface area (Å²) in [4.78, 5) is 44.1. The third kappa shape index (κ3) is 5.35. The molecule has 2 aliphatic carbocycles. The summed E-state index contributed by atoms with van der Waals surface area (Å²) in [6, 6.07) is 12.5. The predicted octanol–water partition coefficient (Wildman–Crippen LogP) is 2.70. The summed E-state index contributed by atoms with van der Waals surface area (Å²) in [7, 11) is 0. The van der Waals surface area contributed by atoms with E-state index >= 15 is 0 Å². The van der Waals surface area contributed by atoms with Gasteiger partial charge in [0.15, 0.2) is 11.4 Å². The molecule has 2 aliphatic rings. The van der Waals surface area contributed by atoms with E-state index in [-0.39, 0.29) is 24.3 Å². The minimum atomic E-state index is -1.17. The first kappa shape index (κ1) is 25.7. The first-order chi connectivity index (χ1) is 18.3. The van der Waals surface area contributed by atoms with Gasteiger partial charge >= 0.3 is 5.97 Å². The number of amides is 2. The first-order valence-corrected chi connectivity index (χ1v) is 13.1. The summed E-state index contributed by atoms with van der Waals surface area (Å²) in [6.07, 6.45) is 5.56. The summed E-state index contributed by atoms with van der Waals surface area (Å²) >= 11 is 0. The van der Waals surface area contributed by atoms with Gasteiger partial charge in [0.1, 0.15) is 11.6 Å². The number of rotatable bonds is 8. The van der Waals surface area contributed by atoms with Gasteiger partial charge in [0, 0.05) is 26.3 Å². The van der Waals surface area contributed by atoms with Gasteiger partial charge in [0.05, 0.1) is 5.39 Å².